The van der Waals surface area contributed by atoms with Gasteiger partial charge in [-0.1, -0.05) is 23.9 Å². The zero-order valence-corrected chi connectivity index (χ0v) is 17.4. The van der Waals surface area contributed by atoms with Crippen LogP contribution in [-0.2, 0) is 19.1 Å². The normalized spacial score (nSPS) is 21.0. The first kappa shape index (κ1) is 21.9. The number of amides is 2. The Morgan fingerprint density at radius 1 is 1.37 bits per heavy atom. The van der Waals surface area contributed by atoms with E-state index in [0.717, 1.165) is 36.8 Å². The fourth-order valence-corrected chi connectivity index (χ4v) is 4.32. The van der Waals surface area contributed by atoms with Gasteiger partial charge in [0, 0.05) is 25.5 Å². The van der Waals surface area contributed by atoms with Gasteiger partial charge in [0.25, 0.3) is 0 Å². The molecule has 0 saturated carbocycles. The van der Waals surface area contributed by atoms with Gasteiger partial charge in [0.05, 0.1) is 41.2 Å². The number of rotatable bonds is 7. The van der Waals surface area contributed by atoms with E-state index in [-0.39, 0.29) is 30.1 Å². The minimum Gasteiger partial charge on any atom is -0.465 e. The molecule has 1 fully saturated rings. The van der Waals surface area contributed by atoms with Crippen LogP contribution in [0.3, 0.4) is 0 Å². The predicted octanol–water partition coefficient (Wildman–Crippen LogP) is 1.84. The number of allylic oxidation sites excluding steroid dienone is 1. The van der Waals surface area contributed by atoms with E-state index in [1.165, 1.54) is 7.11 Å². The van der Waals surface area contributed by atoms with Gasteiger partial charge in [-0.05, 0) is 30.5 Å². The maximum Gasteiger partial charge on any atom is 0.337 e. The van der Waals surface area contributed by atoms with Crippen LogP contribution in [0.25, 0.3) is 0 Å². The fourth-order valence-electron chi connectivity index (χ4n) is 3.41. The van der Waals surface area contributed by atoms with Gasteiger partial charge in [0.1, 0.15) is 0 Å². The highest BCUT2D eigenvalue weighted by Crippen LogP contribution is 2.36. The summed E-state index contributed by atoms with van der Waals surface area (Å²) in [7, 11) is 1.30. The van der Waals surface area contributed by atoms with E-state index in [0.29, 0.717) is 22.7 Å². The Balaban J connectivity index is 1.68. The molecule has 0 radical (unpaired) electrons. The van der Waals surface area contributed by atoms with Crippen molar-refractivity contribution in [2.24, 2.45) is 0 Å². The van der Waals surface area contributed by atoms with Gasteiger partial charge in [-0.2, -0.15) is 5.26 Å². The lowest BCUT2D eigenvalue weighted by Gasteiger charge is -2.25. The molecule has 0 aliphatic carbocycles. The number of nitrogens with zero attached hydrogens (tertiary/aromatic N) is 1. The second-order valence-electron chi connectivity index (χ2n) is 7.00. The average molecular weight is 429 g/mol. The van der Waals surface area contributed by atoms with Crippen molar-refractivity contribution in [3.8, 4) is 6.07 Å². The van der Waals surface area contributed by atoms with Crippen LogP contribution in [0, 0.1) is 11.3 Å². The Morgan fingerprint density at radius 2 is 2.13 bits per heavy atom. The average Bonchev–Trinajstić information content (AvgIpc) is 3.29. The van der Waals surface area contributed by atoms with Crippen molar-refractivity contribution in [3.63, 3.8) is 0 Å². The molecule has 8 nitrogen and oxygen atoms in total. The topological polar surface area (TPSA) is 118 Å². The van der Waals surface area contributed by atoms with Gasteiger partial charge in [-0.15, -0.1) is 0 Å². The third kappa shape index (κ3) is 5.40. The molecule has 30 heavy (non-hydrogen) atoms. The van der Waals surface area contributed by atoms with E-state index < -0.39 is 11.9 Å². The van der Waals surface area contributed by atoms with E-state index in [9.17, 15) is 19.6 Å². The predicted molar refractivity (Wildman–Crippen MR) is 110 cm³/mol. The van der Waals surface area contributed by atoms with Crippen molar-refractivity contribution >= 4 is 29.5 Å². The molecule has 1 aromatic carbocycles. The Hall–Kier alpha value is -2.83. The van der Waals surface area contributed by atoms with Crippen molar-refractivity contribution < 1.29 is 23.9 Å². The van der Waals surface area contributed by atoms with Crippen LogP contribution in [0.5, 0.6) is 0 Å². The van der Waals surface area contributed by atoms with Crippen LogP contribution in [0.4, 0.5) is 0 Å². The summed E-state index contributed by atoms with van der Waals surface area (Å²) in [4.78, 5) is 36.0. The van der Waals surface area contributed by atoms with Gasteiger partial charge < -0.3 is 20.1 Å². The quantitative estimate of drug-likeness (QED) is 0.635. The summed E-state index contributed by atoms with van der Waals surface area (Å²) in [6, 6.07) is 8.81. The van der Waals surface area contributed by atoms with Crippen LogP contribution in [0.2, 0.25) is 0 Å². The van der Waals surface area contributed by atoms with Crippen molar-refractivity contribution in [2.45, 2.75) is 31.3 Å². The van der Waals surface area contributed by atoms with Crippen LogP contribution in [0.1, 0.15) is 41.1 Å². The monoisotopic (exact) mass is 429 g/mol. The largest absolute Gasteiger partial charge is 0.465 e. The SMILES string of the molecule is COC(=O)c1ccc([C@@H]2CC(=O)NC(SCC(=O)NC[C@@H]3CCCO3)=C2C#N)cc1. The number of esters is 1. The summed E-state index contributed by atoms with van der Waals surface area (Å²) >= 11 is 1.13. The molecule has 1 saturated heterocycles. The molecule has 3 rings (SSSR count). The fraction of sp³-hybridized carbons (Fsp3) is 0.429. The van der Waals surface area contributed by atoms with Gasteiger partial charge in [0.2, 0.25) is 11.8 Å². The first-order valence-corrected chi connectivity index (χ1v) is 10.6. The van der Waals surface area contributed by atoms with Gasteiger partial charge >= 0.3 is 5.97 Å². The van der Waals surface area contributed by atoms with Crippen molar-refractivity contribution in [1.82, 2.24) is 10.6 Å². The van der Waals surface area contributed by atoms with Crippen LogP contribution in [-0.4, -0.2) is 49.9 Å². The van der Waals surface area contributed by atoms with Gasteiger partial charge in [-0.3, -0.25) is 9.59 Å². The Bertz CT molecular complexity index is 885. The lowest BCUT2D eigenvalue weighted by molar-refractivity contribution is -0.121. The highest BCUT2D eigenvalue weighted by atomic mass is 32.2. The molecule has 2 heterocycles. The molecule has 158 valence electrons. The second-order valence-corrected chi connectivity index (χ2v) is 7.99. The first-order valence-electron chi connectivity index (χ1n) is 9.65. The number of carbonyl (C=O) groups excluding carboxylic acids is 3. The van der Waals surface area contributed by atoms with Crippen LogP contribution < -0.4 is 10.6 Å². The standard InChI is InChI=1S/C21H23N3O5S/c1-28-21(27)14-6-4-13(5-7-14)16-9-18(25)24-20(17(16)10-22)30-12-19(26)23-11-15-3-2-8-29-15/h4-7,15-16H,2-3,8-9,11-12H2,1H3,(H,23,26)(H,24,25)/t15-,16-/m0/s1. The van der Waals surface area contributed by atoms with E-state index in [1.54, 1.807) is 24.3 Å². The molecule has 2 atom stereocenters. The summed E-state index contributed by atoms with van der Waals surface area (Å²) in [5.41, 5.74) is 1.54. The summed E-state index contributed by atoms with van der Waals surface area (Å²) in [6.07, 6.45) is 2.11. The molecule has 0 bridgehead atoms. The molecular formula is C21H23N3O5S. The van der Waals surface area contributed by atoms with Crippen LogP contribution >= 0.6 is 11.8 Å². The lowest BCUT2D eigenvalue weighted by Crippen LogP contribution is -2.34. The number of hydrogen-bond acceptors (Lipinski definition) is 7. The number of carbonyl (C=O) groups is 3. The molecule has 0 spiro atoms. The number of thioether (sulfide) groups is 1. The molecule has 9 heteroatoms. The number of methoxy groups -OCH3 is 1. The Morgan fingerprint density at radius 3 is 2.77 bits per heavy atom. The number of benzene rings is 1. The zero-order chi connectivity index (χ0) is 21.5. The highest BCUT2D eigenvalue weighted by molar-refractivity contribution is 8.03. The summed E-state index contributed by atoms with van der Waals surface area (Å²) < 4.78 is 10.2. The molecule has 2 amide bonds. The third-order valence-corrected chi connectivity index (χ3v) is 6.01. The van der Waals surface area contributed by atoms with Crippen molar-refractivity contribution in [3.05, 3.63) is 46.0 Å². The number of ether oxygens (including phenoxy) is 2. The minimum atomic E-state index is -0.454. The molecule has 0 aromatic heterocycles. The maximum absolute atomic E-state index is 12.2. The molecule has 2 N–H and O–H groups in total. The summed E-state index contributed by atoms with van der Waals surface area (Å²) in [5, 5.41) is 15.6. The maximum atomic E-state index is 12.2. The number of nitrogens with one attached hydrogen (secondary N) is 2. The van der Waals surface area contributed by atoms with E-state index >= 15 is 0 Å². The summed E-state index contributed by atoms with van der Waals surface area (Å²) in [6.45, 7) is 1.19. The van der Waals surface area contributed by atoms with Crippen molar-refractivity contribution in [1.29, 1.82) is 5.26 Å². The second kappa shape index (κ2) is 10.3. The minimum absolute atomic E-state index is 0.0551. The molecule has 2 aliphatic rings. The summed E-state index contributed by atoms with van der Waals surface area (Å²) in [5.74, 6) is -1.21. The van der Waals surface area contributed by atoms with Crippen LogP contribution in [0.15, 0.2) is 34.9 Å². The van der Waals surface area contributed by atoms with E-state index in [2.05, 4.69) is 16.7 Å². The Labute approximate surface area is 179 Å². The number of hydrogen-bond donors (Lipinski definition) is 2. The first-order chi connectivity index (χ1) is 14.5. The van der Waals surface area contributed by atoms with E-state index in [1.807, 2.05) is 0 Å². The number of nitriles is 1. The lowest BCUT2D eigenvalue weighted by atomic mass is 9.87. The van der Waals surface area contributed by atoms with Crippen molar-refractivity contribution in [2.75, 3.05) is 26.0 Å². The molecule has 2 aliphatic heterocycles. The van der Waals surface area contributed by atoms with E-state index in [4.69, 9.17) is 9.47 Å². The molecular weight excluding hydrogens is 406 g/mol. The third-order valence-electron chi connectivity index (χ3n) is 4.99. The van der Waals surface area contributed by atoms with Gasteiger partial charge in [0.15, 0.2) is 0 Å². The zero-order valence-electron chi connectivity index (χ0n) is 16.6. The molecule has 1 aromatic rings. The smallest absolute Gasteiger partial charge is 0.337 e. The highest BCUT2D eigenvalue weighted by Gasteiger charge is 2.30. The molecule has 0 unspecified atom stereocenters. The Kier molecular flexibility index (Phi) is 7.49. The van der Waals surface area contributed by atoms with Gasteiger partial charge in [-0.25, -0.2) is 4.79 Å².